The largest absolute Gasteiger partial charge is 0.508 e. The number of aromatic amines is 1. The third-order valence-corrected chi connectivity index (χ3v) is 2.24. The normalized spacial score (nSPS) is 10.1. The second kappa shape index (κ2) is 5.11. The van der Waals surface area contributed by atoms with Crippen molar-refractivity contribution in [2.45, 2.75) is 6.42 Å². The molecule has 88 valence electrons. The van der Waals surface area contributed by atoms with Crippen molar-refractivity contribution in [2.75, 3.05) is 6.54 Å². The molecule has 0 spiro atoms. The minimum absolute atomic E-state index is 0.142. The summed E-state index contributed by atoms with van der Waals surface area (Å²) >= 11 is 0. The van der Waals surface area contributed by atoms with Crippen LogP contribution >= 0.6 is 0 Å². The van der Waals surface area contributed by atoms with E-state index in [2.05, 4.69) is 20.5 Å². The van der Waals surface area contributed by atoms with Gasteiger partial charge in [-0.1, -0.05) is 0 Å². The van der Waals surface area contributed by atoms with Crippen molar-refractivity contribution in [1.29, 1.82) is 0 Å². The van der Waals surface area contributed by atoms with Crippen LogP contribution in [-0.4, -0.2) is 32.7 Å². The zero-order chi connectivity index (χ0) is 12.1. The summed E-state index contributed by atoms with van der Waals surface area (Å²) in [5.74, 6) is 0.698. The van der Waals surface area contributed by atoms with Gasteiger partial charge in [0.05, 0.1) is 0 Å². The Morgan fingerprint density at radius 2 is 2.12 bits per heavy atom. The fourth-order valence-corrected chi connectivity index (χ4v) is 1.36. The molecule has 1 amide bonds. The van der Waals surface area contributed by atoms with Gasteiger partial charge in [-0.25, -0.2) is 4.98 Å². The van der Waals surface area contributed by atoms with Crippen molar-refractivity contribution in [3.05, 3.63) is 42.0 Å². The third kappa shape index (κ3) is 3.04. The van der Waals surface area contributed by atoms with Gasteiger partial charge in [0.1, 0.15) is 17.9 Å². The van der Waals surface area contributed by atoms with Crippen molar-refractivity contribution >= 4 is 5.91 Å². The number of aromatic nitrogens is 3. The van der Waals surface area contributed by atoms with Gasteiger partial charge in [-0.15, -0.1) is 0 Å². The Balaban J connectivity index is 1.83. The van der Waals surface area contributed by atoms with Crippen molar-refractivity contribution in [2.24, 2.45) is 0 Å². The number of nitrogens with one attached hydrogen (secondary N) is 2. The number of H-pyrrole nitrogens is 1. The maximum Gasteiger partial charge on any atom is 0.251 e. The summed E-state index contributed by atoms with van der Waals surface area (Å²) < 4.78 is 0. The number of hydrogen-bond acceptors (Lipinski definition) is 4. The SMILES string of the molecule is O=C(NCCc1ncn[nH]1)c1ccc(O)cc1. The number of hydrogen-bond donors (Lipinski definition) is 3. The van der Waals surface area contributed by atoms with Crippen LogP contribution in [0.15, 0.2) is 30.6 Å². The maximum atomic E-state index is 11.6. The van der Waals surface area contributed by atoms with Crippen molar-refractivity contribution in [1.82, 2.24) is 20.5 Å². The Labute approximate surface area is 97.7 Å². The van der Waals surface area contributed by atoms with E-state index in [1.165, 1.54) is 18.5 Å². The summed E-state index contributed by atoms with van der Waals surface area (Å²) in [6.45, 7) is 0.481. The first-order valence-electron chi connectivity index (χ1n) is 5.17. The molecule has 17 heavy (non-hydrogen) atoms. The van der Waals surface area contributed by atoms with Gasteiger partial charge in [-0.2, -0.15) is 5.10 Å². The first-order valence-corrected chi connectivity index (χ1v) is 5.17. The summed E-state index contributed by atoms with van der Waals surface area (Å²) in [5.41, 5.74) is 0.514. The number of phenols is 1. The van der Waals surface area contributed by atoms with Gasteiger partial charge in [0.25, 0.3) is 5.91 Å². The predicted octanol–water partition coefficient (Wildman–Crippen LogP) is 0.483. The molecule has 2 aromatic rings. The Morgan fingerprint density at radius 1 is 1.35 bits per heavy atom. The highest BCUT2D eigenvalue weighted by atomic mass is 16.3. The summed E-state index contributed by atoms with van der Waals surface area (Å²) in [6.07, 6.45) is 2.03. The zero-order valence-electron chi connectivity index (χ0n) is 9.05. The Morgan fingerprint density at radius 3 is 2.76 bits per heavy atom. The number of rotatable bonds is 4. The van der Waals surface area contributed by atoms with Gasteiger partial charge in [-0.05, 0) is 24.3 Å². The average molecular weight is 232 g/mol. The van der Waals surface area contributed by atoms with Crippen LogP contribution in [0, 0.1) is 0 Å². The molecular formula is C11H12N4O2. The van der Waals surface area contributed by atoms with E-state index >= 15 is 0 Å². The van der Waals surface area contributed by atoms with Gasteiger partial charge in [0.2, 0.25) is 0 Å². The number of aromatic hydroxyl groups is 1. The molecular weight excluding hydrogens is 220 g/mol. The highest BCUT2D eigenvalue weighted by molar-refractivity contribution is 5.94. The van der Waals surface area contributed by atoms with Gasteiger partial charge in [-0.3, -0.25) is 9.89 Å². The molecule has 1 heterocycles. The van der Waals surface area contributed by atoms with E-state index in [1.807, 2.05) is 0 Å². The van der Waals surface area contributed by atoms with Gasteiger partial charge < -0.3 is 10.4 Å². The van der Waals surface area contributed by atoms with Gasteiger partial charge in [0.15, 0.2) is 0 Å². The number of benzene rings is 1. The molecule has 0 saturated heterocycles. The molecule has 0 aliphatic heterocycles. The molecule has 0 atom stereocenters. The Bertz CT molecular complexity index is 479. The van der Waals surface area contributed by atoms with Crippen LogP contribution in [0.4, 0.5) is 0 Å². The summed E-state index contributed by atoms with van der Waals surface area (Å²) in [7, 11) is 0. The van der Waals surface area contributed by atoms with Crippen LogP contribution in [0.25, 0.3) is 0 Å². The molecule has 0 bridgehead atoms. The fourth-order valence-electron chi connectivity index (χ4n) is 1.36. The molecule has 1 aromatic heterocycles. The Kier molecular flexibility index (Phi) is 3.34. The number of carbonyl (C=O) groups excluding carboxylic acids is 1. The first-order chi connectivity index (χ1) is 8.25. The lowest BCUT2D eigenvalue weighted by Crippen LogP contribution is -2.25. The summed E-state index contributed by atoms with van der Waals surface area (Å²) in [5, 5.41) is 18.3. The van der Waals surface area contributed by atoms with Crippen LogP contribution in [0.2, 0.25) is 0 Å². The molecule has 0 saturated carbocycles. The highest BCUT2D eigenvalue weighted by Gasteiger charge is 2.04. The monoisotopic (exact) mass is 232 g/mol. The number of amides is 1. The quantitative estimate of drug-likeness (QED) is 0.715. The van der Waals surface area contributed by atoms with E-state index in [9.17, 15) is 4.79 Å². The molecule has 0 aliphatic carbocycles. The molecule has 0 fully saturated rings. The van der Waals surface area contributed by atoms with E-state index in [-0.39, 0.29) is 11.7 Å². The lowest BCUT2D eigenvalue weighted by Gasteiger charge is -2.03. The average Bonchev–Trinajstić information content (AvgIpc) is 2.83. The smallest absolute Gasteiger partial charge is 0.251 e. The molecule has 0 unspecified atom stereocenters. The minimum Gasteiger partial charge on any atom is -0.508 e. The standard InChI is InChI=1S/C11H12N4O2/c16-9-3-1-8(2-4-9)11(17)12-6-5-10-13-7-14-15-10/h1-4,7,16H,5-6H2,(H,12,17)(H,13,14,15). The van der Waals surface area contributed by atoms with Crippen molar-refractivity contribution in [3.63, 3.8) is 0 Å². The van der Waals surface area contributed by atoms with Crippen molar-refractivity contribution < 1.29 is 9.90 Å². The van der Waals surface area contributed by atoms with E-state index in [1.54, 1.807) is 12.1 Å². The topological polar surface area (TPSA) is 90.9 Å². The van der Waals surface area contributed by atoms with Crippen LogP contribution in [0.3, 0.4) is 0 Å². The molecule has 0 radical (unpaired) electrons. The lowest BCUT2D eigenvalue weighted by atomic mass is 10.2. The molecule has 6 heteroatoms. The second-order valence-corrected chi connectivity index (χ2v) is 3.48. The van der Waals surface area contributed by atoms with E-state index in [0.717, 1.165) is 5.82 Å². The Hall–Kier alpha value is -2.37. The minimum atomic E-state index is -0.176. The third-order valence-electron chi connectivity index (χ3n) is 2.24. The van der Waals surface area contributed by atoms with Crippen LogP contribution < -0.4 is 5.32 Å². The van der Waals surface area contributed by atoms with E-state index in [4.69, 9.17) is 5.11 Å². The second-order valence-electron chi connectivity index (χ2n) is 3.48. The maximum absolute atomic E-state index is 11.6. The lowest BCUT2D eigenvalue weighted by molar-refractivity contribution is 0.0954. The van der Waals surface area contributed by atoms with Gasteiger partial charge in [0, 0.05) is 18.5 Å². The summed E-state index contributed by atoms with van der Waals surface area (Å²) in [4.78, 5) is 15.6. The van der Waals surface area contributed by atoms with Crippen molar-refractivity contribution in [3.8, 4) is 5.75 Å². The van der Waals surface area contributed by atoms with Crippen LogP contribution in [0.5, 0.6) is 5.75 Å². The van der Waals surface area contributed by atoms with E-state index in [0.29, 0.717) is 18.5 Å². The van der Waals surface area contributed by atoms with Crippen LogP contribution in [-0.2, 0) is 6.42 Å². The number of nitrogens with zero attached hydrogens (tertiary/aromatic N) is 2. The summed E-state index contributed by atoms with van der Waals surface area (Å²) in [6, 6.07) is 6.09. The molecule has 1 aromatic carbocycles. The zero-order valence-corrected chi connectivity index (χ0v) is 9.05. The van der Waals surface area contributed by atoms with E-state index < -0.39 is 0 Å². The van der Waals surface area contributed by atoms with Gasteiger partial charge >= 0.3 is 0 Å². The molecule has 3 N–H and O–H groups in total. The molecule has 0 aliphatic rings. The number of phenolic OH excluding ortho intramolecular Hbond substituents is 1. The van der Waals surface area contributed by atoms with Crippen LogP contribution in [0.1, 0.15) is 16.2 Å². The fraction of sp³-hybridized carbons (Fsp3) is 0.182. The molecule has 2 rings (SSSR count). The first kappa shape index (κ1) is 11.1. The molecule has 6 nitrogen and oxygen atoms in total. The highest BCUT2D eigenvalue weighted by Crippen LogP contribution is 2.09. The number of carbonyl (C=O) groups is 1. The predicted molar refractivity (Wildman–Crippen MR) is 60.5 cm³/mol.